The third-order valence-corrected chi connectivity index (χ3v) is 2.36. The summed E-state index contributed by atoms with van der Waals surface area (Å²) >= 11 is 0. The molecule has 0 aliphatic carbocycles. The molecule has 0 unspecified atom stereocenters. The van der Waals surface area contributed by atoms with Crippen LogP contribution in [0.2, 0.25) is 0 Å². The molecule has 0 radical (unpaired) electrons. The van der Waals surface area contributed by atoms with Crippen molar-refractivity contribution in [2.24, 2.45) is 0 Å². The average Bonchev–Trinajstić information content (AvgIpc) is 2.34. The van der Waals surface area contributed by atoms with Crippen LogP contribution >= 0.6 is 0 Å². The summed E-state index contributed by atoms with van der Waals surface area (Å²) < 4.78 is 18.1. The Morgan fingerprint density at radius 1 is 1.44 bits per heavy atom. The molecule has 0 fully saturated rings. The van der Waals surface area contributed by atoms with Gasteiger partial charge in [-0.15, -0.1) is 0 Å². The number of ether oxygens (including phenoxy) is 1. The lowest BCUT2D eigenvalue weighted by Crippen LogP contribution is -2.37. The first kappa shape index (κ1) is 14.1. The number of aromatic amines is 1. The number of H-pyrrole nitrogens is 1. The van der Waals surface area contributed by atoms with Crippen LogP contribution in [0.5, 0.6) is 0 Å². The van der Waals surface area contributed by atoms with Gasteiger partial charge in [-0.2, -0.15) is 4.39 Å². The third kappa shape index (κ3) is 3.83. The van der Waals surface area contributed by atoms with Crippen molar-refractivity contribution in [2.75, 3.05) is 0 Å². The maximum absolute atomic E-state index is 12.9. The van der Waals surface area contributed by atoms with Gasteiger partial charge in [-0.3, -0.25) is 9.59 Å². The Labute approximate surface area is 102 Å². The third-order valence-electron chi connectivity index (χ3n) is 2.36. The van der Waals surface area contributed by atoms with E-state index in [9.17, 15) is 18.8 Å². The molecule has 1 N–H and O–H groups in total. The number of carbonyl (C=O) groups is 1. The molecule has 0 bridgehead atoms. The van der Waals surface area contributed by atoms with Gasteiger partial charge in [0.05, 0.1) is 0 Å². The van der Waals surface area contributed by atoms with Gasteiger partial charge in [0, 0.05) is 12.6 Å². The van der Waals surface area contributed by atoms with E-state index in [1.165, 1.54) is 0 Å². The molecule has 100 valence electrons. The predicted molar refractivity (Wildman–Crippen MR) is 61.5 cm³/mol. The summed E-state index contributed by atoms with van der Waals surface area (Å²) in [4.78, 5) is 35.7. The molecule has 0 aliphatic rings. The lowest BCUT2D eigenvalue weighted by atomic mass is 10.2. The summed E-state index contributed by atoms with van der Waals surface area (Å²) in [6.45, 7) is 1.42. The van der Waals surface area contributed by atoms with Crippen molar-refractivity contribution < 1.29 is 13.9 Å². The first-order valence-electron chi connectivity index (χ1n) is 5.70. The van der Waals surface area contributed by atoms with Gasteiger partial charge < -0.3 is 9.72 Å². The van der Waals surface area contributed by atoms with Gasteiger partial charge in [-0.05, 0) is 6.42 Å². The largest absolute Gasteiger partial charge is 0.444 e. The molecule has 0 saturated carbocycles. The first-order chi connectivity index (χ1) is 8.56. The molecule has 7 heteroatoms. The minimum Gasteiger partial charge on any atom is -0.444 e. The lowest BCUT2D eigenvalue weighted by molar-refractivity contribution is -0.147. The Hall–Kier alpha value is -1.92. The maximum Gasteiger partial charge on any atom is 0.331 e. The number of carbonyl (C=O) groups excluding carboxylic acids is 1. The molecule has 0 saturated heterocycles. The molecule has 0 atom stereocenters. The molecule has 1 aromatic heterocycles. The van der Waals surface area contributed by atoms with E-state index in [2.05, 4.69) is 0 Å². The van der Waals surface area contributed by atoms with Crippen molar-refractivity contribution in [3.63, 3.8) is 0 Å². The zero-order valence-corrected chi connectivity index (χ0v) is 10.1. The van der Waals surface area contributed by atoms with Gasteiger partial charge in [-0.25, -0.2) is 9.36 Å². The monoisotopic (exact) mass is 258 g/mol. The Bertz CT molecular complexity index is 521. The summed E-state index contributed by atoms with van der Waals surface area (Å²) in [6, 6.07) is 0. The second kappa shape index (κ2) is 6.73. The minimum atomic E-state index is -1.11. The fourth-order valence-corrected chi connectivity index (χ4v) is 1.33. The van der Waals surface area contributed by atoms with Crippen molar-refractivity contribution in [1.82, 2.24) is 9.55 Å². The number of rotatable bonds is 6. The summed E-state index contributed by atoms with van der Waals surface area (Å²) in [5.41, 5.74) is -1.93. The van der Waals surface area contributed by atoms with Crippen molar-refractivity contribution in [3.05, 3.63) is 32.9 Å². The molecule has 0 spiro atoms. The van der Waals surface area contributed by atoms with Crippen LogP contribution in [0.4, 0.5) is 4.39 Å². The quantitative estimate of drug-likeness (QED) is 0.603. The summed E-state index contributed by atoms with van der Waals surface area (Å²) in [5, 5.41) is 0. The zero-order chi connectivity index (χ0) is 13.5. The summed E-state index contributed by atoms with van der Waals surface area (Å²) in [6.07, 6.45) is 3.44. The fourth-order valence-electron chi connectivity index (χ4n) is 1.33. The molecule has 1 heterocycles. The van der Waals surface area contributed by atoms with Crippen LogP contribution in [0.1, 0.15) is 32.6 Å². The molecule has 0 aliphatic heterocycles. The van der Waals surface area contributed by atoms with Crippen molar-refractivity contribution >= 4 is 5.97 Å². The van der Waals surface area contributed by atoms with Gasteiger partial charge in [0.1, 0.15) is 0 Å². The SMILES string of the molecule is CCCCCC(=O)OCn1c(=O)[nH]cc(F)c1=O. The van der Waals surface area contributed by atoms with Gasteiger partial charge in [0.25, 0.3) is 5.56 Å². The van der Waals surface area contributed by atoms with E-state index in [1.54, 1.807) is 0 Å². The topological polar surface area (TPSA) is 81.2 Å². The number of nitrogens with one attached hydrogen (secondary N) is 1. The van der Waals surface area contributed by atoms with E-state index in [4.69, 9.17) is 4.74 Å². The zero-order valence-electron chi connectivity index (χ0n) is 10.1. The Morgan fingerprint density at radius 3 is 2.83 bits per heavy atom. The fraction of sp³-hybridized carbons (Fsp3) is 0.545. The van der Waals surface area contributed by atoms with E-state index in [0.29, 0.717) is 17.2 Å². The second-order valence-corrected chi connectivity index (χ2v) is 3.78. The van der Waals surface area contributed by atoms with Gasteiger partial charge in [-0.1, -0.05) is 19.8 Å². The van der Waals surface area contributed by atoms with Crippen molar-refractivity contribution in [2.45, 2.75) is 39.3 Å². The smallest absolute Gasteiger partial charge is 0.331 e. The second-order valence-electron chi connectivity index (χ2n) is 3.78. The summed E-state index contributed by atoms with van der Waals surface area (Å²) in [7, 11) is 0. The van der Waals surface area contributed by atoms with Crippen LogP contribution in [0.15, 0.2) is 15.8 Å². The highest BCUT2D eigenvalue weighted by molar-refractivity contribution is 5.69. The molecule has 1 aromatic rings. The minimum absolute atomic E-state index is 0.218. The van der Waals surface area contributed by atoms with E-state index in [-0.39, 0.29) is 6.42 Å². The number of esters is 1. The normalized spacial score (nSPS) is 10.3. The molecule has 1 rings (SSSR count). The highest BCUT2D eigenvalue weighted by Gasteiger charge is 2.09. The van der Waals surface area contributed by atoms with Gasteiger partial charge in [0.2, 0.25) is 5.82 Å². The van der Waals surface area contributed by atoms with E-state index >= 15 is 0 Å². The van der Waals surface area contributed by atoms with Crippen LogP contribution in [0, 0.1) is 5.82 Å². The lowest BCUT2D eigenvalue weighted by Gasteiger charge is -2.06. The van der Waals surface area contributed by atoms with Crippen LogP contribution < -0.4 is 11.2 Å². The average molecular weight is 258 g/mol. The summed E-state index contributed by atoms with van der Waals surface area (Å²) in [5.74, 6) is -1.62. The predicted octanol–water partition coefficient (Wildman–Crippen LogP) is 0.757. The number of aromatic nitrogens is 2. The molecule has 18 heavy (non-hydrogen) atoms. The van der Waals surface area contributed by atoms with Gasteiger partial charge in [0.15, 0.2) is 6.73 Å². The molecule has 0 amide bonds. The van der Waals surface area contributed by atoms with Crippen molar-refractivity contribution in [1.29, 1.82) is 0 Å². The molecular formula is C11H15FN2O4. The first-order valence-corrected chi connectivity index (χ1v) is 5.70. The Kier molecular flexibility index (Phi) is 5.29. The van der Waals surface area contributed by atoms with Crippen LogP contribution in [-0.2, 0) is 16.3 Å². The van der Waals surface area contributed by atoms with Crippen LogP contribution in [0.3, 0.4) is 0 Å². The van der Waals surface area contributed by atoms with E-state index in [0.717, 1.165) is 12.8 Å². The maximum atomic E-state index is 12.9. The van der Waals surface area contributed by atoms with Crippen LogP contribution in [0.25, 0.3) is 0 Å². The Morgan fingerprint density at radius 2 is 2.17 bits per heavy atom. The van der Waals surface area contributed by atoms with Crippen molar-refractivity contribution in [3.8, 4) is 0 Å². The highest BCUT2D eigenvalue weighted by Crippen LogP contribution is 2.00. The number of halogens is 1. The number of hydrogen-bond acceptors (Lipinski definition) is 4. The number of unbranched alkanes of at least 4 members (excludes halogenated alkanes) is 2. The van der Waals surface area contributed by atoms with Gasteiger partial charge >= 0.3 is 11.7 Å². The van der Waals surface area contributed by atoms with E-state index in [1.807, 2.05) is 11.9 Å². The molecule has 6 nitrogen and oxygen atoms in total. The molecule has 0 aromatic carbocycles. The molecular weight excluding hydrogens is 243 g/mol. The van der Waals surface area contributed by atoms with E-state index < -0.39 is 29.8 Å². The highest BCUT2D eigenvalue weighted by atomic mass is 19.1. The standard InChI is InChI=1S/C11H15FN2O4/c1-2-3-4-5-9(15)18-7-14-10(16)8(12)6-13-11(14)17/h6H,2-5,7H2,1H3,(H,13,17). The van der Waals surface area contributed by atoms with Crippen LogP contribution in [-0.4, -0.2) is 15.5 Å². The Balaban J connectivity index is 2.59. The number of nitrogens with zero attached hydrogens (tertiary/aromatic N) is 1. The number of hydrogen-bond donors (Lipinski definition) is 1.